The zero-order valence-electron chi connectivity index (χ0n) is 29.2. The second-order valence-electron chi connectivity index (χ2n) is 12.2. The van der Waals surface area contributed by atoms with E-state index < -0.39 is 28.5 Å². The predicted octanol–water partition coefficient (Wildman–Crippen LogP) is 6.28. The first kappa shape index (κ1) is 38.1. The van der Waals surface area contributed by atoms with Crippen molar-refractivity contribution in [3.63, 3.8) is 0 Å². The summed E-state index contributed by atoms with van der Waals surface area (Å²) in [4.78, 5) is 30.1. The molecule has 0 heterocycles. The summed E-state index contributed by atoms with van der Waals surface area (Å²) in [6, 6.07) is 24.7. The Morgan fingerprint density at radius 2 is 1.44 bits per heavy atom. The molecule has 50 heavy (non-hydrogen) atoms. The second kappa shape index (κ2) is 17.3. The van der Waals surface area contributed by atoms with Crippen LogP contribution in [-0.4, -0.2) is 65.6 Å². The minimum atomic E-state index is -4.48. The Hall–Kier alpha value is -4.74. The van der Waals surface area contributed by atoms with Crippen LogP contribution in [0.2, 0.25) is 5.02 Å². The Labute approximate surface area is 300 Å². The van der Waals surface area contributed by atoms with Gasteiger partial charge in [-0.25, -0.2) is 8.42 Å². The van der Waals surface area contributed by atoms with Crippen molar-refractivity contribution in [3.05, 3.63) is 113 Å². The Balaban J connectivity index is 1.87. The molecule has 0 aliphatic carbocycles. The van der Waals surface area contributed by atoms with Crippen LogP contribution in [0.15, 0.2) is 95.9 Å². The number of nitrogens with zero attached hydrogens (tertiary/aromatic N) is 2. The van der Waals surface area contributed by atoms with Crippen LogP contribution < -0.4 is 23.8 Å². The van der Waals surface area contributed by atoms with Gasteiger partial charge in [-0.05, 0) is 54.3 Å². The molecule has 0 bridgehead atoms. The molecule has 0 saturated carbocycles. The molecule has 0 radical (unpaired) electrons. The van der Waals surface area contributed by atoms with Crippen LogP contribution >= 0.6 is 11.6 Å². The number of methoxy groups -OCH3 is 3. The molecule has 4 aromatic carbocycles. The number of nitrogens with one attached hydrogen (secondary N) is 1. The fourth-order valence-electron chi connectivity index (χ4n) is 5.34. The zero-order chi connectivity index (χ0) is 36.4. The van der Waals surface area contributed by atoms with E-state index in [1.165, 1.54) is 56.6 Å². The first-order valence-corrected chi connectivity index (χ1v) is 17.9. The molecule has 4 aromatic rings. The van der Waals surface area contributed by atoms with Gasteiger partial charge in [0.2, 0.25) is 11.8 Å². The number of halogens is 1. The molecule has 4 rings (SSSR count). The second-order valence-corrected chi connectivity index (χ2v) is 14.5. The summed E-state index contributed by atoms with van der Waals surface area (Å²) < 4.78 is 46.4. The summed E-state index contributed by atoms with van der Waals surface area (Å²) in [7, 11) is -0.243. The highest BCUT2D eigenvalue weighted by molar-refractivity contribution is 7.92. The van der Waals surface area contributed by atoms with Crippen molar-refractivity contribution < 1.29 is 32.2 Å². The Bertz CT molecular complexity index is 1870. The maximum Gasteiger partial charge on any atom is 0.265 e. The highest BCUT2D eigenvalue weighted by Gasteiger charge is 2.36. The molecule has 0 aliphatic rings. The molecule has 0 fully saturated rings. The average Bonchev–Trinajstić information content (AvgIpc) is 3.11. The van der Waals surface area contributed by atoms with Crippen molar-refractivity contribution in [1.29, 1.82) is 0 Å². The van der Waals surface area contributed by atoms with Gasteiger partial charge in [0.1, 0.15) is 18.3 Å². The summed E-state index contributed by atoms with van der Waals surface area (Å²) in [6.07, 6.45) is 0.200. The summed E-state index contributed by atoms with van der Waals surface area (Å²) >= 11 is 6.40. The van der Waals surface area contributed by atoms with E-state index in [2.05, 4.69) is 5.32 Å². The summed E-state index contributed by atoms with van der Waals surface area (Å²) in [5.41, 5.74) is 2.68. The lowest BCUT2D eigenvalue weighted by Crippen LogP contribution is -2.53. The van der Waals surface area contributed by atoms with Crippen molar-refractivity contribution >= 4 is 39.1 Å². The van der Waals surface area contributed by atoms with E-state index in [9.17, 15) is 18.0 Å². The molecule has 10 nitrogen and oxygen atoms in total. The maximum absolute atomic E-state index is 14.8. The van der Waals surface area contributed by atoms with E-state index in [-0.39, 0.29) is 51.9 Å². The van der Waals surface area contributed by atoms with Crippen molar-refractivity contribution in [3.8, 4) is 17.2 Å². The Morgan fingerprint density at radius 1 is 0.800 bits per heavy atom. The molecular formula is C38H44ClN3O7S. The van der Waals surface area contributed by atoms with E-state index in [0.717, 1.165) is 21.0 Å². The minimum Gasteiger partial charge on any atom is -0.495 e. The number of anilines is 1. The minimum absolute atomic E-state index is 0.0438. The van der Waals surface area contributed by atoms with E-state index in [1.807, 2.05) is 75.4 Å². The fraction of sp³-hybridized carbons (Fsp3) is 0.316. The Kier molecular flexibility index (Phi) is 13.1. The number of ether oxygens (including phenoxy) is 3. The number of amides is 2. The normalized spacial score (nSPS) is 11.8. The lowest BCUT2D eigenvalue weighted by Gasteiger charge is -2.34. The number of sulfonamides is 1. The van der Waals surface area contributed by atoms with Crippen LogP contribution in [-0.2, 0) is 32.6 Å². The van der Waals surface area contributed by atoms with Gasteiger partial charge in [-0.2, -0.15) is 0 Å². The molecule has 1 atom stereocenters. The van der Waals surface area contributed by atoms with Crippen molar-refractivity contribution in [1.82, 2.24) is 10.2 Å². The third-order valence-electron chi connectivity index (χ3n) is 8.06. The van der Waals surface area contributed by atoms with Crippen LogP contribution in [0.1, 0.15) is 30.5 Å². The fourth-order valence-corrected chi connectivity index (χ4v) is 6.94. The van der Waals surface area contributed by atoms with Gasteiger partial charge in [-0.1, -0.05) is 85.6 Å². The molecule has 266 valence electrons. The highest BCUT2D eigenvalue weighted by atomic mass is 35.5. The smallest absolute Gasteiger partial charge is 0.265 e. The van der Waals surface area contributed by atoms with E-state index in [0.29, 0.717) is 12.3 Å². The predicted molar refractivity (Wildman–Crippen MR) is 196 cm³/mol. The van der Waals surface area contributed by atoms with Crippen LogP contribution in [0.4, 0.5) is 5.69 Å². The van der Waals surface area contributed by atoms with Crippen LogP contribution in [0, 0.1) is 12.8 Å². The van der Waals surface area contributed by atoms with Gasteiger partial charge in [0.25, 0.3) is 10.0 Å². The van der Waals surface area contributed by atoms with Gasteiger partial charge in [0.15, 0.2) is 11.5 Å². The van der Waals surface area contributed by atoms with Gasteiger partial charge in [0, 0.05) is 30.6 Å². The monoisotopic (exact) mass is 721 g/mol. The van der Waals surface area contributed by atoms with Gasteiger partial charge in [-0.15, -0.1) is 0 Å². The van der Waals surface area contributed by atoms with Crippen LogP contribution in [0.5, 0.6) is 17.2 Å². The van der Waals surface area contributed by atoms with E-state index in [1.54, 1.807) is 6.07 Å². The first-order valence-electron chi connectivity index (χ1n) is 16.1. The summed E-state index contributed by atoms with van der Waals surface area (Å²) in [6.45, 7) is 5.69. The average molecular weight is 722 g/mol. The molecule has 0 unspecified atom stereocenters. The molecule has 0 aliphatic heterocycles. The van der Waals surface area contributed by atoms with Crippen LogP contribution in [0.25, 0.3) is 0 Å². The highest BCUT2D eigenvalue weighted by Crippen LogP contribution is 2.37. The van der Waals surface area contributed by atoms with Crippen LogP contribution in [0.3, 0.4) is 0 Å². The van der Waals surface area contributed by atoms with Gasteiger partial charge in [0.05, 0.1) is 31.9 Å². The van der Waals surface area contributed by atoms with Gasteiger partial charge in [-0.3, -0.25) is 13.9 Å². The molecule has 0 saturated heterocycles. The molecule has 1 N–H and O–H groups in total. The number of hydrogen-bond donors (Lipinski definition) is 1. The van der Waals surface area contributed by atoms with Crippen molar-refractivity contribution in [2.24, 2.45) is 5.92 Å². The topological polar surface area (TPSA) is 114 Å². The standard InChI is InChI=1S/C38H44ClN3O7S/c1-26(2)23-40-38(44)33(20-28-10-8-7-9-11-28)41(24-29-14-12-27(3)13-15-29)37(43)25-42(32-21-30(39)16-18-34(32)47-4)50(45,46)31-17-19-35(48-5)36(22-31)49-6/h7-19,21-22,26,33H,20,23-25H2,1-6H3,(H,40,44)/t33-/m0/s1. The lowest BCUT2D eigenvalue weighted by atomic mass is 10.0. The van der Waals surface area contributed by atoms with Crippen molar-refractivity contribution in [2.45, 2.75) is 44.7 Å². The first-order chi connectivity index (χ1) is 23.9. The SMILES string of the molecule is COc1ccc(S(=O)(=O)N(CC(=O)N(Cc2ccc(C)cc2)[C@@H](Cc2ccccc2)C(=O)NCC(C)C)c2cc(Cl)ccc2OC)cc1OC. The number of carbonyl (C=O) groups is 2. The summed E-state index contributed by atoms with van der Waals surface area (Å²) in [5.74, 6) is -0.115. The Morgan fingerprint density at radius 3 is 2.06 bits per heavy atom. The van der Waals surface area contributed by atoms with Crippen molar-refractivity contribution in [2.75, 3.05) is 38.7 Å². The summed E-state index contributed by atoms with van der Waals surface area (Å²) in [5, 5.41) is 3.22. The number of carbonyl (C=O) groups excluding carboxylic acids is 2. The third kappa shape index (κ3) is 9.48. The molecule has 0 aromatic heterocycles. The van der Waals surface area contributed by atoms with Gasteiger partial charge < -0.3 is 24.4 Å². The molecule has 0 spiro atoms. The van der Waals surface area contributed by atoms with E-state index >= 15 is 0 Å². The third-order valence-corrected chi connectivity index (χ3v) is 10.1. The van der Waals surface area contributed by atoms with E-state index in [4.69, 9.17) is 25.8 Å². The molecule has 2 amide bonds. The molecular weight excluding hydrogens is 678 g/mol. The number of hydrogen-bond acceptors (Lipinski definition) is 7. The quantitative estimate of drug-likeness (QED) is 0.145. The number of benzene rings is 4. The number of aryl methyl sites for hydroxylation is 1. The zero-order valence-corrected chi connectivity index (χ0v) is 30.8. The molecule has 12 heteroatoms. The lowest BCUT2D eigenvalue weighted by molar-refractivity contribution is -0.140. The maximum atomic E-state index is 14.8. The van der Waals surface area contributed by atoms with Gasteiger partial charge >= 0.3 is 0 Å². The number of rotatable bonds is 16. The largest absolute Gasteiger partial charge is 0.495 e.